The molecule has 0 amide bonds. The predicted octanol–water partition coefficient (Wildman–Crippen LogP) is 13.9. The smallest absolute Gasteiger partial charge is 0.193 e. The molecule has 0 N–H and O–H groups in total. The van der Waals surface area contributed by atoms with Gasteiger partial charge in [0, 0.05) is 22.3 Å². The molecular weight excluding hydrogens is 709 g/mol. The highest BCUT2D eigenvalue weighted by molar-refractivity contribution is 6.09. The molecule has 3 nitrogen and oxygen atoms in total. The quantitative estimate of drug-likeness (QED) is 0.123. The van der Waals surface area contributed by atoms with Crippen LogP contribution in [-0.2, 0) is 5.41 Å². The van der Waals surface area contributed by atoms with Gasteiger partial charge in [-0.15, -0.1) is 0 Å². The van der Waals surface area contributed by atoms with Gasteiger partial charge in [0.05, 0.1) is 11.5 Å². The fourth-order valence-electron chi connectivity index (χ4n) is 8.40. The number of rotatable bonds is 11. The van der Waals surface area contributed by atoms with E-state index in [0.717, 1.165) is 56.9 Å². The zero-order chi connectivity index (χ0) is 39.6. The summed E-state index contributed by atoms with van der Waals surface area (Å²) in [5.41, 5.74) is 13.1. The van der Waals surface area contributed by atoms with Crippen molar-refractivity contribution in [3.05, 3.63) is 233 Å². The molecular formula is C55H44O3. The Balaban J connectivity index is 1.22. The summed E-state index contributed by atoms with van der Waals surface area (Å²) in [6.07, 6.45) is 0.980. The van der Waals surface area contributed by atoms with Gasteiger partial charge in [-0.25, -0.2) is 0 Å². The summed E-state index contributed by atoms with van der Waals surface area (Å²) >= 11 is 0. The molecule has 0 spiro atoms. The molecule has 8 aromatic rings. The Labute approximate surface area is 341 Å². The van der Waals surface area contributed by atoms with Gasteiger partial charge < -0.3 is 9.47 Å². The SMILES string of the molecule is CCC(C)Oc1ccc(C2(c3ccc(Oc4ccc(C(=O)c5ccc(C)cc5)cc4)c(-c4ccccc4)c3)c3ccccc3-c3ccccc32)cc1-c1ccccc1. The van der Waals surface area contributed by atoms with Crippen molar-refractivity contribution in [2.24, 2.45) is 0 Å². The third-order valence-electron chi connectivity index (χ3n) is 11.5. The van der Waals surface area contributed by atoms with Gasteiger partial charge in [-0.3, -0.25) is 4.79 Å². The standard InChI is InChI=1S/C55H44O3/c1-4-38(3)57-52-33-29-43(35-48(52)39-15-7-5-8-16-39)55(50-21-13-11-19-46(50)47-20-12-14-22-51(47)55)44-30-34-53(49(36-44)40-17-9-6-10-18-40)58-45-31-27-42(28-32-45)54(56)41-25-23-37(2)24-26-41/h5-36,38H,4H2,1-3H3. The van der Waals surface area contributed by atoms with Crippen molar-refractivity contribution < 1.29 is 14.3 Å². The van der Waals surface area contributed by atoms with Crippen molar-refractivity contribution in [2.75, 3.05) is 0 Å². The third kappa shape index (κ3) is 6.59. The van der Waals surface area contributed by atoms with Crippen LogP contribution in [0.15, 0.2) is 194 Å². The average Bonchev–Trinajstić information content (AvgIpc) is 3.58. The summed E-state index contributed by atoms with van der Waals surface area (Å²) in [6.45, 7) is 6.30. The zero-order valence-corrected chi connectivity index (χ0v) is 33.0. The molecule has 0 aromatic heterocycles. The second-order valence-electron chi connectivity index (χ2n) is 15.2. The van der Waals surface area contributed by atoms with Crippen molar-refractivity contribution >= 4 is 5.78 Å². The van der Waals surface area contributed by atoms with E-state index in [9.17, 15) is 4.79 Å². The van der Waals surface area contributed by atoms with Gasteiger partial charge in [0.2, 0.25) is 0 Å². The minimum absolute atomic E-state index is 0.0156. The molecule has 0 aliphatic heterocycles. The van der Waals surface area contributed by atoms with Crippen molar-refractivity contribution in [1.29, 1.82) is 0 Å². The molecule has 282 valence electrons. The second kappa shape index (κ2) is 15.5. The van der Waals surface area contributed by atoms with Crippen LogP contribution in [0.5, 0.6) is 17.2 Å². The lowest BCUT2D eigenvalue weighted by Gasteiger charge is -2.35. The fourth-order valence-corrected chi connectivity index (χ4v) is 8.40. The van der Waals surface area contributed by atoms with Crippen LogP contribution < -0.4 is 9.47 Å². The van der Waals surface area contributed by atoms with Crippen LogP contribution in [-0.4, -0.2) is 11.9 Å². The molecule has 1 unspecified atom stereocenters. The lowest BCUT2D eigenvalue weighted by Crippen LogP contribution is -2.29. The highest BCUT2D eigenvalue weighted by Gasteiger charge is 2.46. The van der Waals surface area contributed by atoms with Crippen molar-refractivity contribution in [2.45, 2.75) is 38.7 Å². The van der Waals surface area contributed by atoms with Crippen LogP contribution in [0, 0.1) is 6.92 Å². The monoisotopic (exact) mass is 752 g/mol. The number of hydrogen-bond donors (Lipinski definition) is 0. The van der Waals surface area contributed by atoms with Gasteiger partial charge in [-0.1, -0.05) is 158 Å². The molecule has 58 heavy (non-hydrogen) atoms. The first kappa shape index (κ1) is 36.7. The molecule has 3 heteroatoms. The topological polar surface area (TPSA) is 35.5 Å². The van der Waals surface area contributed by atoms with Gasteiger partial charge >= 0.3 is 0 Å². The largest absolute Gasteiger partial charge is 0.490 e. The van der Waals surface area contributed by atoms with Gasteiger partial charge in [0.15, 0.2) is 5.78 Å². The number of benzene rings is 8. The minimum atomic E-state index is -0.661. The van der Waals surface area contributed by atoms with E-state index in [0.29, 0.717) is 16.9 Å². The van der Waals surface area contributed by atoms with Gasteiger partial charge in [0.25, 0.3) is 0 Å². The summed E-state index contributed by atoms with van der Waals surface area (Å²) in [5.74, 6) is 2.24. The molecule has 1 atom stereocenters. The van der Waals surface area contributed by atoms with Crippen LogP contribution in [0.3, 0.4) is 0 Å². The van der Waals surface area contributed by atoms with Gasteiger partial charge in [-0.05, 0) is 113 Å². The van der Waals surface area contributed by atoms with Crippen LogP contribution in [0.1, 0.15) is 64.0 Å². The summed E-state index contributed by atoms with van der Waals surface area (Å²) in [5, 5.41) is 0. The first-order valence-corrected chi connectivity index (χ1v) is 20.1. The summed E-state index contributed by atoms with van der Waals surface area (Å²) in [6, 6.07) is 67.2. The van der Waals surface area contributed by atoms with E-state index >= 15 is 0 Å². The second-order valence-corrected chi connectivity index (χ2v) is 15.2. The van der Waals surface area contributed by atoms with Gasteiger partial charge in [-0.2, -0.15) is 0 Å². The van der Waals surface area contributed by atoms with Crippen molar-refractivity contribution in [3.8, 4) is 50.6 Å². The third-order valence-corrected chi connectivity index (χ3v) is 11.5. The molecule has 1 aliphatic rings. The Morgan fingerprint density at radius 2 is 0.983 bits per heavy atom. The number of hydrogen-bond acceptors (Lipinski definition) is 3. The van der Waals surface area contributed by atoms with Crippen LogP contribution in [0.25, 0.3) is 33.4 Å². The van der Waals surface area contributed by atoms with Crippen LogP contribution in [0.4, 0.5) is 0 Å². The van der Waals surface area contributed by atoms with Crippen LogP contribution in [0.2, 0.25) is 0 Å². The maximum Gasteiger partial charge on any atom is 0.193 e. The van der Waals surface area contributed by atoms with Crippen molar-refractivity contribution in [1.82, 2.24) is 0 Å². The Morgan fingerprint density at radius 3 is 1.52 bits per heavy atom. The molecule has 8 aromatic carbocycles. The molecule has 0 bridgehead atoms. The van der Waals surface area contributed by atoms with E-state index in [4.69, 9.17) is 9.47 Å². The maximum atomic E-state index is 13.3. The fraction of sp³-hybridized carbons (Fsp3) is 0.109. The van der Waals surface area contributed by atoms with E-state index in [1.54, 1.807) is 0 Å². The Hall–Kier alpha value is -6.97. The van der Waals surface area contributed by atoms with E-state index in [1.165, 1.54) is 22.3 Å². The summed E-state index contributed by atoms with van der Waals surface area (Å²) < 4.78 is 13.3. The van der Waals surface area contributed by atoms with E-state index < -0.39 is 5.41 Å². The summed E-state index contributed by atoms with van der Waals surface area (Å²) in [7, 11) is 0. The molecule has 0 saturated carbocycles. The Morgan fingerprint density at radius 1 is 0.517 bits per heavy atom. The zero-order valence-electron chi connectivity index (χ0n) is 33.0. The maximum absolute atomic E-state index is 13.3. The predicted molar refractivity (Wildman–Crippen MR) is 236 cm³/mol. The molecule has 9 rings (SSSR count). The highest BCUT2D eigenvalue weighted by atomic mass is 16.5. The van der Waals surface area contributed by atoms with E-state index in [-0.39, 0.29) is 11.9 Å². The number of carbonyl (C=O) groups excluding carboxylic acids is 1. The van der Waals surface area contributed by atoms with E-state index in [1.807, 2.05) is 61.5 Å². The number of aryl methyl sites for hydroxylation is 1. The number of ether oxygens (including phenoxy) is 2. The first-order chi connectivity index (χ1) is 28.4. The number of fused-ring (bicyclic) bond motifs is 3. The van der Waals surface area contributed by atoms with Crippen molar-refractivity contribution in [3.63, 3.8) is 0 Å². The first-order valence-electron chi connectivity index (χ1n) is 20.1. The molecule has 1 aliphatic carbocycles. The number of carbonyl (C=O) groups is 1. The van der Waals surface area contributed by atoms with Crippen LogP contribution >= 0.6 is 0 Å². The molecule has 0 fully saturated rings. The molecule has 0 radical (unpaired) electrons. The number of ketones is 1. The summed E-state index contributed by atoms with van der Waals surface area (Å²) in [4.78, 5) is 13.3. The normalized spacial score (nSPS) is 12.9. The molecule has 0 heterocycles. The van der Waals surface area contributed by atoms with Gasteiger partial charge in [0.1, 0.15) is 17.2 Å². The minimum Gasteiger partial charge on any atom is -0.490 e. The van der Waals surface area contributed by atoms with E-state index in [2.05, 4.69) is 153 Å². The Bertz CT molecular complexity index is 2690. The highest BCUT2D eigenvalue weighted by Crippen LogP contribution is 2.57. The lowest BCUT2D eigenvalue weighted by molar-refractivity contribution is 0.103. The molecule has 0 saturated heterocycles. The Kier molecular flexibility index (Phi) is 9.81. The average molecular weight is 753 g/mol. The lowest BCUT2D eigenvalue weighted by atomic mass is 9.67.